The number of benzene rings is 1. The second-order valence-corrected chi connectivity index (χ2v) is 4.86. The predicted octanol–water partition coefficient (Wildman–Crippen LogP) is 2.56. The molecule has 0 amide bonds. The number of carboxylic acids is 1. The Morgan fingerprint density at radius 1 is 1.38 bits per heavy atom. The van der Waals surface area contributed by atoms with Crippen molar-refractivity contribution >= 4 is 16.9 Å². The molecular formula is C12H14N2O2. The van der Waals surface area contributed by atoms with Gasteiger partial charge < -0.3 is 5.11 Å². The van der Waals surface area contributed by atoms with Gasteiger partial charge >= 0.3 is 5.97 Å². The molecule has 1 aromatic carbocycles. The first-order valence-corrected chi connectivity index (χ1v) is 5.12. The highest BCUT2D eigenvalue weighted by Crippen LogP contribution is 2.30. The molecule has 4 heteroatoms. The number of fused-ring (bicyclic) bond motifs is 1. The van der Waals surface area contributed by atoms with Gasteiger partial charge in [0.2, 0.25) is 0 Å². The third kappa shape index (κ3) is 1.56. The molecule has 0 radical (unpaired) electrons. The average molecular weight is 218 g/mol. The summed E-state index contributed by atoms with van der Waals surface area (Å²) in [7, 11) is 0. The topological polar surface area (TPSA) is 66.0 Å². The van der Waals surface area contributed by atoms with Crippen molar-refractivity contribution in [1.82, 2.24) is 10.2 Å². The Bertz CT molecular complexity index is 550. The Balaban J connectivity index is 2.84. The monoisotopic (exact) mass is 218 g/mol. The van der Waals surface area contributed by atoms with Crippen molar-refractivity contribution in [2.75, 3.05) is 0 Å². The lowest BCUT2D eigenvalue weighted by Gasteiger charge is -2.20. The molecule has 0 aliphatic heterocycles. The normalized spacial score (nSPS) is 11.9. The van der Waals surface area contributed by atoms with Gasteiger partial charge in [0.05, 0.1) is 5.52 Å². The molecule has 84 valence electrons. The third-order valence-electron chi connectivity index (χ3n) is 2.60. The van der Waals surface area contributed by atoms with Crippen molar-refractivity contribution in [1.29, 1.82) is 0 Å². The summed E-state index contributed by atoms with van der Waals surface area (Å²) in [6, 6.07) is 5.70. The molecule has 1 aromatic heterocycles. The molecule has 16 heavy (non-hydrogen) atoms. The van der Waals surface area contributed by atoms with Crippen LogP contribution in [0, 0.1) is 0 Å². The lowest BCUT2D eigenvalue weighted by molar-refractivity contribution is 0.0692. The minimum Gasteiger partial charge on any atom is -0.476 e. The third-order valence-corrected chi connectivity index (χ3v) is 2.60. The van der Waals surface area contributed by atoms with Crippen LogP contribution in [0.5, 0.6) is 0 Å². The van der Waals surface area contributed by atoms with E-state index in [1.54, 1.807) is 0 Å². The Hall–Kier alpha value is -1.84. The minimum atomic E-state index is -0.997. The fourth-order valence-corrected chi connectivity index (χ4v) is 1.85. The van der Waals surface area contributed by atoms with Gasteiger partial charge in [0, 0.05) is 5.39 Å². The van der Waals surface area contributed by atoms with Crippen LogP contribution in [0.2, 0.25) is 0 Å². The SMILES string of the molecule is CC(C)(C)c1cccc2[nH]nc(C(=O)O)c12. The molecule has 2 rings (SSSR count). The zero-order valence-corrected chi connectivity index (χ0v) is 9.53. The first kappa shape index (κ1) is 10.7. The van der Waals surface area contributed by atoms with Gasteiger partial charge in [0.1, 0.15) is 0 Å². The van der Waals surface area contributed by atoms with Gasteiger partial charge in [-0.05, 0) is 17.0 Å². The van der Waals surface area contributed by atoms with Crippen LogP contribution in [0.25, 0.3) is 10.9 Å². The standard InChI is InChI=1S/C12H14N2O2/c1-12(2,3)7-5-4-6-8-9(7)10(11(15)16)14-13-8/h4-6H,1-3H3,(H,13,14)(H,15,16). The summed E-state index contributed by atoms with van der Waals surface area (Å²) in [5.41, 5.74) is 1.76. The van der Waals surface area contributed by atoms with Crippen LogP contribution in [-0.2, 0) is 5.41 Å². The summed E-state index contributed by atoms with van der Waals surface area (Å²) in [6.45, 7) is 6.17. The highest BCUT2D eigenvalue weighted by atomic mass is 16.4. The molecule has 2 N–H and O–H groups in total. The van der Waals surface area contributed by atoms with Crippen LogP contribution in [-0.4, -0.2) is 21.3 Å². The van der Waals surface area contributed by atoms with E-state index in [2.05, 4.69) is 31.0 Å². The van der Waals surface area contributed by atoms with Crippen molar-refractivity contribution in [2.24, 2.45) is 0 Å². The Morgan fingerprint density at radius 3 is 2.62 bits per heavy atom. The van der Waals surface area contributed by atoms with Crippen molar-refractivity contribution in [2.45, 2.75) is 26.2 Å². The number of H-pyrrole nitrogens is 1. The Labute approximate surface area is 93.3 Å². The largest absolute Gasteiger partial charge is 0.476 e. The summed E-state index contributed by atoms with van der Waals surface area (Å²) in [5.74, 6) is -0.997. The molecule has 0 saturated heterocycles. The average Bonchev–Trinajstić information content (AvgIpc) is 2.58. The van der Waals surface area contributed by atoms with Crippen LogP contribution in [0.1, 0.15) is 36.8 Å². The Morgan fingerprint density at radius 2 is 2.06 bits per heavy atom. The van der Waals surface area contributed by atoms with Crippen LogP contribution < -0.4 is 0 Å². The van der Waals surface area contributed by atoms with E-state index < -0.39 is 5.97 Å². The lowest BCUT2D eigenvalue weighted by atomic mass is 9.84. The van der Waals surface area contributed by atoms with Gasteiger partial charge in [-0.15, -0.1) is 0 Å². The van der Waals surface area contributed by atoms with Crippen molar-refractivity contribution in [3.63, 3.8) is 0 Å². The van der Waals surface area contributed by atoms with E-state index in [4.69, 9.17) is 5.11 Å². The van der Waals surface area contributed by atoms with E-state index >= 15 is 0 Å². The van der Waals surface area contributed by atoms with Crippen molar-refractivity contribution in [3.8, 4) is 0 Å². The second kappa shape index (κ2) is 3.33. The summed E-state index contributed by atoms with van der Waals surface area (Å²) in [5, 5.41) is 16.4. The molecule has 0 saturated carbocycles. The van der Waals surface area contributed by atoms with E-state index in [0.717, 1.165) is 11.1 Å². The lowest BCUT2D eigenvalue weighted by Crippen LogP contribution is -2.12. The van der Waals surface area contributed by atoms with Crippen LogP contribution in [0.15, 0.2) is 18.2 Å². The van der Waals surface area contributed by atoms with E-state index in [0.29, 0.717) is 5.39 Å². The molecule has 0 aliphatic carbocycles. The predicted molar refractivity (Wildman–Crippen MR) is 61.8 cm³/mol. The maximum absolute atomic E-state index is 11.1. The summed E-state index contributed by atoms with van der Waals surface area (Å²) >= 11 is 0. The number of nitrogens with zero attached hydrogens (tertiary/aromatic N) is 1. The van der Waals surface area contributed by atoms with Gasteiger partial charge in [0.15, 0.2) is 5.69 Å². The number of nitrogens with one attached hydrogen (secondary N) is 1. The number of carboxylic acid groups (broad SMARTS) is 1. The maximum atomic E-state index is 11.1. The molecule has 0 fully saturated rings. The minimum absolute atomic E-state index is 0.0977. The molecule has 0 bridgehead atoms. The van der Waals surface area contributed by atoms with Gasteiger partial charge in [0.25, 0.3) is 0 Å². The number of aromatic amines is 1. The highest BCUT2D eigenvalue weighted by Gasteiger charge is 2.22. The smallest absolute Gasteiger partial charge is 0.357 e. The fourth-order valence-electron chi connectivity index (χ4n) is 1.85. The zero-order chi connectivity index (χ0) is 11.9. The van der Waals surface area contributed by atoms with Crippen LogP contribution in [0.3, 0.4) is 0 Å². The number of aromatic nitrogens is 2. The molecule has 0 aliphatic rings. The molecule has 0 spiro atoms. The first-order chi connectivity index (χ1) is 7.41. The second-order valence-electron chi connectivity index (χ2n) is 4.86. The number of rotatable bonds is 1. The molecule has 0 unspecified atom stereocenters. The number of aromatic carboxylic acids is 1. The van der Waals surface area contributed by atoms with Gasteiger partial charge in [-0.25, -0.2) is 4.79 Å². The van der Waals surface area contributed by atoms with Gasteiger partial charge in [-0.1, -0.05) is 32.9 Å². The molecule has 1 heterocycles. The van der Waals surface area contributed by atoms with Crippen molar-refractivity contribution < 1.29 is 9.90 Å². The number of carbonyl (C=O) groups is 1. The molecule has 2 aromatic rings. The fraction of sp³-hybridized carbons (Fsp3) is 0.333. The van der Waals surface area contributed by atoms with Crippen LogP contribution >= 0.6 is 0 Å². The zero-order valence-electron chi connectivity index (χ0n) is 9.53. The first-order valence-electron chi connectivity index (χ1n) is 5.12. The number of hydrogen-bond donors (Lipinski definition) is 2. The van der Waals surface area contributed by atoms with E-state index in [1.807, 2.05) is 18.2 Å². The van der Waals surface area contributed by atoms with E-state index in [-0.39, 0.29) is 11.1 Å². The van der Waals surface area contributed by atoms with Gasteiger partial charge in [-0.2, -0.15) is 5.10 Å². The Kier molecular flexibility index (Phi) is 2.22. The van der Waals surface area contributed by atoms with E-state index in [9.17, 15) is 4.79 Å². The van der Waals surface area contributed by atoms with Crippen molar-refractivity contribution in [3.05, 3.63) is 29.5 Å². The molecular weight excluding hydrogens is 204 g/mol. The highest BCUT2D eigenvalue weighted by molar-refractivity contribution is 6.02. The maximum Gasteiger partial charge on any atom is 0.357 e. The molecule has 0 atom stereocenters. The van der Waals surface area contributed by atoms with Gasteiger partial charge in [-0.3, -0.25) is 5.10 Å². The summed E-state index contributed by atoms with van der Waals surface area (Å²) in [6.07, 6.45) is 0. The number of hydrogen-bond acceptors (Lipinski definition) is 2. The quantitative estimate of drug-likeness (QED) is 0.773. The van der Waals surface area contributed by atoms with Crippen LogP contribution in [0.4, 0.5) is 0 Å². The van der Waals surface area contributed by atoms with E-state index in [1.165, 1.54) is 0 Å². The summed E-state index contributed by atoms with van der Waals surface area (Å²) < 4.78 is 0. The summed E-state index contributed by atoms with van der Waals surface area (Å²) in [4.78, 5) is 11.1. The molecule has 4 nitrogen and oxygen atoms in total.